The molecule has 2 aliphatic carbocycles. The number of nitrogens with two attached hydrogens (primary N) is 1. The summed E-state index contributed by atoms with van der Waals surface area (Å²) in [4.78, 5) is 14.0. The number of hydrogen-bond donors (Lipinski definition) is 2. The molecule has 4 atom stereocenters. The van der Waals surface area contributed by atoms with Crippen molar-refractivity contribution in [3.8, 4) is 0 Å². The van der Waals surface area contributed by atoms with Crippen molar-refractivity contribution < 1.29 is 4.79 Å². The molecule has 3 aliphatic rings. The Balaban J connectivity index is 1.49. The molecular weight excluding hydrogens is 262 g/mol. The van der Waals surface area contributed by atoms with E-state index in [-0.39, 0.29) is 5.91 Å². The lowest BCUT2D eigenvalue weighted by Gasteiger charge is -2.28. The molecule has 21 heavy (non-hydrogen) atoms. The summed E-state index contributed by atoms with van der Waals surface area (Å²) in [6, 6.07) is 5.63. The number of hydrogen-bond acceptors (Lipinski definition) is 3. The summed E-state index contributed by atoms with van der Waals surface area (Å²) in [5, 5.41) is 2.87. The number of rotatable bonds is 3. The standard InChI is InChI=1S/C17H23N3O/c1-20(9-12-7-10-2-3-11(12)6-10)13-4-5-14-15(8-13)19-17(21)16(14)18/h4-5,8,10-12,16H,2-3,6-7,9,18H2,1H3,(H,19,21). The lowest BCUT2D eigenvalue weighted by molar-refractivity contribution is -0.116. The maximum atomic E-state index is 11.6. The molecule has 1 aromatic rings. The molecule has 1 aromatic carbocycles. The molecule has 1 amide bonds. The summed E-state index contributed by atoms with van der Waals surface area (Å²) < 4.78 is 0. The van der Waals surface area contributed by atoms with Crippen LogP contribution in [0.5, 0.6) is 0 Å². The first kappa shape index (κ1) is 13.1. The highest BCUT2D eigenvalue weighted by molar-refractivity contribution is 6.02. The van der Waals surface area contributed by atoms with Crippen LogP contribution < -0.4 is 16.0 Å². The number of amides is 1. The minimum absolute atomic E-state index is 0.0992. The van der Waals surface area contributed by atoms with Gasteiger partial charge in [-0.05, 0) is 49.1 Å². The van der Waals surface area contributed by atoms with E-state index in [0.717, 1.165) is 35.5 Å². The molecule has 112 valence electrons. The highest BCUT2D eigenvalue weighted by Gasteiger charge is 2.39. The molecule has 1 heterocycles. The minimum atomic E-state index is -0.509. The van der Waals surface area contributed by atoms with Crippen molar-refractivity contribution in [3.63, 3.8) is 0 Å². The average molecular weight is 285 g/mol. The molecule has 4 heteroatoms. The van der Waals surface area contributed by atoms with E-state index < -0.39 is 6.04 Å². The summed E-state index contributed by atoms with van der Waals surface area (Å²) in [5.74, 6) is 2.68. The van der Waals surface area contributed by atoms with Crippen molar-refractivity contribution >= 4 is 17.3 Å². The number of nitrogens with zero attached hydrogens (tertiary/aromatic N) is 1. The Bertz CT molecular complexity index is 585. The molecule has 0 spiro atoms. The van der Waals surface area contributed by atoms with Gasteiger partial charge in [0.25, 0.3) is 0 Å². The predicted octanol–water partition coefficient (Wildman–Crippen LogP) is 2.51. The first-order chi connectivity index (χ1) is 10.1. The fourth-order valence-electron chi connectivity index (χ4n) is 4.57. The second-order valence-electron chi connectivity index (χ2n) is 7.05. The van der Waals surface area contributed by atoms with Gasteiger partial charge in [0, 0.05) is 30.5 Å². The highest BCUT2D eigenvalue weighted by atomic mass is 16.2. The maximum Gasteiger partial charge on any atom is 0.245 e. The van der Waals surface area contributed by atoms with Gasteiger partial charge in [-0.3, -0.25) is 4.79 Å². The molecule has 4 rings (SSSR count). The van der Waals surface area contributed by atoms with Gasteiger partial charge in [-0.2, -0.15) is 0 Å². The van der Waals surface area contributed by atoms with E-state index in [9.17, 15) is 4.79 Å². The van der Waals surface area contributed by atoms with Crippen LogP contribution >= 0.6 is 0 Å². The quantitative estimate of drug-likeness (QED) is 0.897. The average Bonchev–Trinajstić information content (AvgIpc) is 3.15. The van der Waals surface area contributed by atoms with Crippen LogP contribution in [0.15, 0.2) is 18.2 Å². The Morgan fingerprint density at radius 1 is 1.33 bits per heavy atom. The van der Waals surface area contributed by atoms with E-state index in [0.29, 0.717) is 0 Å². The van der Waals surface area contributed by atoms with Gasteiger partial charge in [0.2, 0.25) is 5.91 Å². The van der Waals surface area contributed by atoms with Gasteiger partial charge in [0.15, 0.2) is 0 Å². The number of benzene rings is 1. The molecular formula is C17H23N3O. The largest absolute Gasteiger partial charge is 0.374 e. The van der Waals surface area contributed by atoms with Crippen molar-refractivity contribution in [2.75, 3.05) is 23.8 Å². The van der Waals surface area contributed by atoms with Crippen LogP contribution in [0.4, 0.5) is 11.4 Å². The Labute approximate surface area is 125 Å². The third kappa shape index (κ3) is 2.13. The van der Waals surface area contributed by atoms with Crippen LogP contribution in [0.25, 0.3) is 0 Å². The van der Waals surface area contributed by atoms with E-state index in [1.807, 2.05) is 6.07 Å². The van der Waals surface area contributed by atoms with Crippen molar-refractivity contribution in [1.82, 2.24) is 0 Å². The van der Waals surface area contributed by atoms with E-state index in [1.54, 1.807) is 0 Å². The highest BCUT2D eigenvalue weighted by Crippen LogP contribution is 2.48. The molecule has 2 saturated carbocycles. The summed E-state index contributed by atoms with van der Waals surface area (Å²) >= 11 is 0. The van der Waals surface area contributed by atoms with Crippen molar-refractivity contribution in [2.45, 2.75) is 31.7 Å². The Hall–Kier alpha value is -1.55. The number of fused-ring (bicyclic) bond motifs is 3. The zero-order chi connectivity index (χ0) is 14.6. The SMILES string of the molecule is CN(CC1CC2CCC1C2)c1ccc2c(c1)NC(=O)C2N. The van der Waals surface area contributed by atoms with Gasteiger partial charge in [-0.15, -0.1) is 0 Å². The Morgan fingerprint density at radius 3 is 2.90 bits per heavy atom. The van der Waals surface area contributed by atoms with Gasteiger partial charge < -0.3 is 16.0 Å². The van der Waals surface area contributed by atoms with Gasteiger partial charge in [0.05, 0.1) is 0 Å². The summed E-state index contributed by atoms with van der Waals surface area (Å²) in [6.45, 7) is 1.12. The molecule has 2 fully saturated rings. The molecule has 3 N–H and O–H groups in total. The number of carbonyl (C=O) groups excluding carboxylic acids is 1. The second-order valence-corrected chi connectivity index (χ2v) is 7.05. The molecule has 1 aliphatic heterocycles. The van der Waals surface area contributed by atoms with Crippen LogP contribution in [-0.2, 0) is 4.79 Å². The smallest absolute Gasteiger partial charge is 0.245 e. The van der Waals surface area contributed by atoms with Gasteiger partial charge in [-0.25, -0.2) is 0 Å². The Morgan fingerprint density at radius 2 is 2.19 bits per heavy atom. The van der Waals surface area contributed by atoms with E-state index in [4.69, 9.17) is 5.73 Å². The van der Waals surface area contributed by atoms with Crippen LogP contribution in [0.3, 0.4) is 0 Å². The van der Waals surface area contributed by atoms with E-state index in [2.05, 4.69) is 29.4 Å². The van der Waals surface area contributed by atoms with E-state index in [1.165, 1.54) is 31.4 Å². The molecule has 2 bridgehead atoms. The lowest BCUT2D eigenvalue weighted by atomic mass is 9.88. The number of carbonyl (C=O) groups is 1. The zero-order valence-corrected chi connectivity index (χ0v) is 12.5. The fourth-order valence-corrected chi connectivity index (χ4v) is 4.57. The van der Waals surface area contributed by atoms with Crippen molar-refractivity contribution in [3.05, 3.63) is 23.8 Å². The third-order valence-electron chi connectivity index (χ3n) is 5.75. The molecule has 0 radical (unpaired) electrons. The van der Waals surface area contributed by atoms with Gasteiger partial charge in [-0.1, -0.05) is 12.5 Å². The van der Waals surface area contributed by atoms with Gasteiger partial charge in [0.1, 0.15) is 6.04 Å². The lowest BCUT2D eigenvalue weighted by Crippen LogP contribution is -2.28. The topological polar surface area (TPSA) is 58.4 Å². The predicted molar refractivity (Wildman–Crippen MR) is 84.2 cm³/mol. The monoisotopic (exact) mass is 285 g/mol. The number of anilines is 2. The first-order valence-electron chi connectivity index (χ1n) is 8.03. The normalized spacial score (nSPS) is 33.1. The molecule has 0 aromatic heterocycles. The van der Waals surface area contributed by atoms with Crippen molar-refractivity contribution in [1.29, 1.82) is 0 Å². The van der Waals surface area contributed by atoms with E-state index >= 15 is 0 Å². The molecule has 4 unspecified atom stereocenters. The first-order valence-corrected chi connectivity index (χ1v) is 8.03. The van der Waals surface area contributed by atoms with Crippen molar-refractivity contribution in [2.24, 2.45) is 23.5 Å². The summed E-state index contributed by atoms with van der Waals surface area (Å²) in [7, 11) is 2.16. The zero-order valence-electron chi connectivity index (χ0n) is 12.5. The molecule has 4 nitrogen and oxygen atoms in total. The van der Waals surface area contributed by atoms with Crippen LogP contribution in [0.1, 0.15) is 37.3 Å². The minimum Gasteiger partial charge on any atom is -0.374 e. The summed E-state index contributed by atoms with van der Waals surface area (Å²) in [6.07, 6.45) is 5.74. The maximum absolute atomic E-state index is 11.6. The van der Waals surface area contributed by atoms with Crippen LogP contribution in [0.2, 0.25) is 0 Å². The molecule has 0 saturated heterocycles. The number of nitrogens with one attached hydrogen (secondary N) is 1. The second kappa shape index (κ2) is 4.73. The fraction of sp³-hybridized carbons (Fsp3) is 0.588. The Kier molecular flexibility index (Phi) is 2.96. The van der Waals surface area contributed by atoms with Crippen LogP contribution in [-0.4, -0.2) is 19.5 Å². The van der Waals surface area contributed by atoms with Gasteiger partial charge >= 0.3 is 0 Å². The third-order valence-corrected chi connectivity index (χ3v) is 5.75. The summed E-state index contributed by atoms with van der Waals surface area (Å²) in [5.41, 5.74) is 8.83. The van der Waals surface area contributed by atoms with Crippen LogP contribution in [0, 0.1) is 17.8 Å².